The largest absolute Gasteiger partial charge is 0.494 e. The first-order valence-electron chi connectivity index (χ1n) is 8.74. The van der Waals surface area contributed by atoms with E-state index in [9.17, 15) is 4.79 Å². The van der Waals surface area contributed by atoms with E-state index < -0.39 is 11.3 Å². The van der Waals surface area contributed by atoms with Crippen LogP contribution in [-0.4, -0.2) is 18.0 Å². The molecule has 25 heavy (non-hydrogen) atoms. The summed E-state index contributed by atoms with van der Waals surface area (Å²) in [7, 11) is 0. The van der Waals surface area contributed by atoms with Crippen LogP contribution < -0.4 is 9.47 Å². The van der Waals surface area contributed by atoms with Gasteiger partial charge in [-0.15, -0.1) is 11.6 Å². The third-order valence-electron chi connectivity index (χ3n) is 4.10. The zero-order valence-corrected chi connectivity index (χ0v) is 15.8. The van der Waals surface area contributed by atoms with E-state index in [-0.39, 0.29) is 5.92 Å². The number of hydrogen-bond donors (Lipinski definition) is 0. The molecule has 0 saturated carbocycles. The monoisotopic (exact) mass is 360 g/mol. The highest BCUT2D eigenvalue weighted by molar-refractivity contribution is 6.30. The van der Waals surface area contributed by atoms with E-state index in [0.717, 1.165) is 36.3 Å². The molecular formula is C21H25ClO3. The average molecular weight is 361 g/mol. The number of ether oxygens (including phenoxy) is 2. The van der Waals surface area contributed by atoms with Crippen LogP contribution in [0.2, 0.25) is 0 Å². The molecule has 2 atom stereocenters. The second kappa shape index (κ2) is 9.47. The van der Waals surface area contributed by atoms with Crippen molar-refractivity contribution in [2.24, 2.45) is 5.92 Å². The smallest absolute Gasteiger partial charge is 0.329 e. The predicted octanol–water partition coefficient (Wildman–Crippen LogP) is 5.70. The molecule has 0 bridgehead atoms. The van der Waals surface area contributed by atoms with Crippen molar-refractivity contribution < 1.29 is 14.3 Å². The Morgan fingerprint density at radius 1 is 0.960 bits per heavy atom. The van der Waals surface area contributed by atoms with Crippen molar-refractivity contribution in [2.45, 2.75) is 39.0 Å². The molecule has 2 unspecified atom stereocenters. The molecule has 2 rings (SSSR count). The molecule has 4 heteroatoms. The molecular weight excluding hydrogens is 336 g/mol. The number of carbonyl (C=O) groups excluding carboxylic acids is 1. The summed E-state index contributed by atoms with van der Waals surface area (Å²) in [5.74, 6) is 1.06. The van der Waals surface area contributed by atoms with Gasteiger partial charge in [0, 0.05) is 0 Å². The summed E-state index contributed by atoms with van der Waals surface area (Å²) in [5, 5.41) is -0.625. The van der Waals surface area contributed by atoms with Gasteiger partial charge >= 0.3 is 5.97 Å². The number of alkyl halides is 1. The second-order valence-corrected chi connectivity index (χ2v) is 6.58. The van der Waals surface area contributed by atoms with Gasteiger partial charge in [-0.1, -0.05) is 51.5 Å². The first-order chi connectivity index (χ1) is 12.0. The molecule has 0 aliphatic rings. The van der Waals surface area contributed by atoms with Gasteiger partial charge in [0.05, 0.1) is 6.61 Å². The normalized spacial score (nSPS) is 13.1. The predicted molar refractivity (Wildman–Crippen MR) is 102 cm³/mol. The number of carbonyl (C=O) groups is 1. The molecule has 0 aliphatic heterocycles. The lowest BCUT2D eigenvalue weighted by atomic mass is 10.0. The minimum atomic E-state index is -0.625. The number of rotatable bonds is 8. The zero-order chi connectivity index (χ0) is 18.2. The summed E-state index contributed by atoms with van der Waals surface area (Å²) in [5.41, 5.74) is 2.13. The number of esters is 1. The van der Waals surface area contributed by atoms with Crippen LogP contribution in [-0.2, 0) is 4.79 Å². The Hall–Kier alpha value is -2.00. The third kappa shape index (κ3) is 5.50. The highest BCUT2D eigenvalue weighted by Crippen LogP contribution is 2.25. The summed E-state index contributed by atoms with van der Waals surface area (Å²) in [4.78, 5) is 12.0. The fourth-order valence-electron chi connectivity index (χ4n) is 2.29. The molecule has 2 aromatic rings. The van der Waals surface area contributed by atoms with Crippen LogP contribution in [0.15, 0.2) is 48.5 Å². The Labute approximate surface area is 154 Å². The molecule has 0 spiro atoms. The molecule has 3 nitrogen and oxygen atoms in total. The first kappa shape index (κ1) is 19.3. The van der Waals surface area contributed by atoms with E-state index in [1.54, 1.807) is 12.1 Å². The highest BCUT2D eigenvalue weighted by atomic mass is 35.5. The van der Waals surface area contributed by atoms with Gasteiger partial charge in [-0.25, -0.2) is 0 Å². The lowest BCUT2D eigenvalue weighted by Gasteiger charge is -2.15. The van der Waals surface area contributed by atoms with Crippen LogP contribution in [0.3, 0.4) is 0 Å². The van der Waals surface area contributed by atoms with Crippen LogP contribution in [0.5, 0.6) is 11.5 Å². The van der Waals surface area contributed by atoms with Crippen LogP contribution in [0.1, 0.15) is 33.6 Å². The Morgan fingerprint density at radius 3 is 1.96 bits per heavy atom. The molecule has 134 valence electrons. The highest BCUT2D eigenvalue weighted by Gasteiger charge is 2.23. The van der Waals surface area contributed by atoms with Gasteiger partial charge in [0.25, 0.3) is 0 Å². The Bertz CT molecular complexity index is 665. The third-order valence-corrected chi connectivity index (χ3v) is 4.71. The van der Waals surface area contributed by atoms with Crippen molar-refractivity contribution in [2.75, 3.05) is 6.61 Å². The van der Waals surface area contributed by atoms with Crippen molar-refractivity contribution in [3.05, 3.63) is 48.5 Å². The second-order valence-electron chi connectivity index (χ2n) is 6.11. The standard InChI is InChI=1S/C21H25ClO3/c1-4-14-24-18-10-6-16(7-11-18)17-8-12-19(13-9-17)25-21(23)20(22)15(3)5-2/h6-13,15,20H,4-5,14H2,1-3H3. The molecule has 0 fully saturated rings. The average Bonchev–Trinajstić information content (AvgIpc) is 2.66. The van der Waals surface area contributed by atoms with E-state index in [4.69, 9.17) is 21.1 Å². The first-order valence-corrected chi connectivity index (χ1v) is 9.17. The van der Waals surface area contributed by atoms with Crippen molar-refractivity contribution in [3.8, 4) is 22.6 Å². The topological polar surface area (TPSA) is 35.5 Å². The number of hydrogen-bond acceptors (Lipinski definition) is 3. The molecule has 2 aromatic carbocycles. The fraction of sp³-hybridized carbons (Fsp3) is 0.381. The maximum atomic E-state index is 12.0. The molecule has 0 aromatic heterocycles. The van der Waals surface area contributed by atoms with Crippen LogP contribution in [0.25, 0.3) is 11.1 Å². The van der Waals surface area contributed by atoms with Crippen LogP contribution in [0.4, 0.5) is 0 Å². The van der Waals surface area contributed by atoms with Crippen LogP contribution >= 0.6 is 11.6 Å². The Balaban J connectivity index is 2.01. The maximum absolute atomic E-state index is 12.0. The van der Waals surface area contributed by atoms with Crippen molar-refractivity contribution >= 4 is 17.6 Å². The van der Waals surface area contributed by atoms with Gasteiger partial charge in [-0.05, 0) is 47.7 Å². The summed E-state index contributed by atoms with van der Waals surface area (Å²) in [6.07, 6.45) is 1.82. The van der Waals surface area contributed by atoms with Gasteiger partial charge in [0.15, 0.2) is 0 Å². The number of benzene rings is 2. The molecule has 0 radical (unpaired) electrons. The Morgan fingerprint density at radius 2 is 1.48 bits per heavy atom. The summed E-state index contributed by atoms with van der Waals surface area (Å²) >= 11 is 6.12. The lowest BCUT2D eigenvalue weighted by Crippen LogP contribution is -2.26. The molecule has 0 aliphatic carbocycles. The minimum Gasteiger partial charge on any atom is -0.494 e. The van der Waals surface area contributed by atoms with Gasteiger partial charge in [-0.3, -0.25) is 4.79 Å². The Kier molecular flexibility index (Phi) is 7.32. The SMILES string of the molecule is CCCOc1ccc(-c2ccc(OC(=O)C(Cl)C(C)CC)cc2)cc1. The maximum Gasteiger partial charge on any atom is 0.329 e. The minimum absolute atomic E-state index is 0.0851. The van der Waals surface area contributed by atoms with Gasteiger partial charge in [-0.2, -0.15) is 0 Å². The number of halogens is 1. The van der Waals surface area contributed by atoms with E-state index in [1.165, 1.54) is 0 Å². The van der Waals surface area contributed by atoms with Crippen LogP contribution in [0, 0.1) is 5.92 Å². The van der Waals surface area contributed by atoms with E-state index in [0.29, 0.717) is 5.75 Å². The molecule has 0 N–H and O–H groups in total. The van der Waals surface area contributed by atoms with E-state index in [2.05, 4.69) is 6.92 Å². The summed E-state index contributed by atoms with van der Waals surface area (Å²) in [6.45, 7) is 6.74. The van der Waals surface area contributed by atoms with Crippen molar-refractivity contribution in [1.82, 2.24) is 0 Å². The van der Waals surface area contributed by atoms with Gasteiger partial charge < -0.3 is 9.47 Å². The lowest BCUT2D eigenvalue weighted by molar-refractivity contribution is -0.134. The fourth-order valence-corrected chi connectivity index (χ4v) is 2.51. The van der Waals surface area contributed by atoms with Crippen molar-refractivity contribution in [1.29, 1.82) is 0 Å². The molecule has 0 saturated heterocycles. The quantitative estimate of drug-likeness (QED) is 0.344. The summed E-state index contributed by atoms with van der Waals surface area (Å²) < 4.78 is 11.0. The molecule has 0 amide bonds. The zero-order valence-electron chi connectivity index (χ0n) is 15.0. The van der Waals surface area contributed by atoms with Gasteiger partial charge in [0.2, 0.25) is 0 Å². The van der Waals surface area contributed by atoms with Gasteiger partial charge in [0.1, 0.15) is 16.9 Å². The van der Waals surface area contributed by atoms with E-state index >= 15 is 0 Å². The summed E-state index contributed by atoms with van der Waals surface area (Å²) in [6, 6.07) is 15.4. The van der Waals surface area contributed by atoms with E-state index in [1.807, 2.05) is 50.2 Å². The van der Waals surface area contributed by atoms with Crippen molar-refractivity contribution in [3.63, 3.8) is 0 Å². The molecule has 0 heterocycles.